The Hall–Kier alpha value is -9.18. The smallest absolute Gasteiger partial charge is 0.0788 e. The lowest BCUT2D eigenvalue weighted by atomic mass is 9.68. The zero-order chi connectivity index (χ0) is 54.7. The topological polar surface area (TPSA) is 14.8 Å². The second-order valence-electron chi connectivity index (χ2n) is 22.5. The van der Waals surface area contributed by atoms with Crippen LogP contribution in [0.2, 0.25) is 0 Å². The van der Waals surface area contributed by atoms with Crippen molar-refractivity contribution < 1.29 is 0 Å². The van der Waals surface area contributed by atoms with Gasteiger partial charge >= 0.3 is 0 Å². The molecule has 3 aromatic heterocycles. The molecule has 0 saturated carbocycles. The van der Waals surface area contributed by atoms with E-state index in [0.29, 0.717) is 0 Å². The predicted molar refractivity (Wildman–Crippen MR) is 345 cm³/mol. The third-order valence-electron chi connectivity index (χ3n) is 18.3. The van der Waals surface area contributed by atoms with E-state index in [1.54, 1.807) is 0 Å². The second-order valence-corrected chi connectivity index (χ2v) is 22.5. The largest absolute Gasteiger partial charge is 0.309 e. The van der Waals surface area contributed by atoms with E-state index in [4.69, 9.17) is 0 Å². The Kier molecular flexibility index (Phi) is 12.7. The van der Waals surface area contributed by atoms with Crippen LogP contribution >= 0.6 is 0 Å². The summed E-state index contributed by atoms with van der Waals surface area (Å²) >= 11 is 0. The molecule has 0 N–H and O–H groups in total. The van der Waals surface area contributed by atoms with Crippen molar-refractivity contribution in [2.24, 2.45) is 0 Å². The molecular weight excluding hydrogens is 979 g/mol. The van der Waals surface area contributed by atoms with Gasteiger partial charge in [0.05, 0.1) is 33.1 Å². The molecule has 0 spiro atoms. The minimum Gasteiger partial charge on any atom is -0.309 e. The number of rotatable bonds is 15. The van der Waals surface area contributed by atoms with Crippen LogP contribution in [0.15, 0.2) is 261 Å². The van der Waals surface area contributed by atoms with E-state index < -0.39 is 0 Å². The number of para-hydroxylation sites is 3. The van der Waals surface area contributed by atoms with Crippen molar-refractivity contribution in [1.29, 1.82) is 0 Å². The Morgan fingerprint density at radius 2 is 0.679 bits per heavy atom. The lowest BCUT2D eigenvalue weighted by molar-refractivity contribution is 0.450. The average molecular weight is 1050 g/mol. The van der Waals surface area contributed by atoms with Crippen LogP contribution in [-0.2, 0) is 10.8 Å². The van der Waals surface area contributed by atoms with Crippen LogP contribution in [0.5, 0.6) is 0 Å². The molecule has 0 aliphatic heterocycles. The number of fused-ring (bicyclic) bond motifs is 10. The number of hydrogen-bond acceptors (Lipinski definition) is 0. The third kappa shape index (κ3) is 8.07. The van der Waals surface area contributed by atoms with E-state index in [2.05, 4.69) is 302 Å². The van der Waals surface area contributed by atoms with Crippen LogP contribution in [0.1, 0.15) is 88.5 Å². The summed E-state index contributed by atoms with van der Waals surface area (Å²) in [5.74, 6) is 0. The van der Waals surface area contributed by atoms with Crippen molar-refractivity contribution in [2.45, 2.75) is 77.0 Å². The lowest BCUT2D eigenvalue weighted by Gasteiger charge is -2.36. The molecule has 0 aliphatic rings. The van der Waals surface area contributed by atoms with Gasteiger partial charge in [-0.1, -0.05) is 241 Å². The van der Waals surface area contributed by atoms with E-state index in [-0.39, 0.29) is 10.8 Å². The highest BCUT2D eigenvalue weighted by molar-refractivity contribution is 6.24. The van der Waals surface area contributed by atoms with E-state index in [9.17, 15) is 0 Å². The lowest BCUT2D eigenvalue weighted by Crippen LogP contribution is -2.27. The summed E-state index contributed by atoms with van der Waals surface area (Å²) in [7, 11) is 0. The molecule has 0 fully saturated rings. The van der Waals surface area contributed by atoms with Crippen LogP contribution in [-0.4, -0.2) is 13.7 Å². The molecule has 2 atom stereocenters. The Bertz CT molecular complexity index is 4630. The van der Waals surface area contributed by atoms with Gasteiger partial charge < -0.3 is 13.7 Å². The molecule has 0 radical (unpaired) electrons. The summed E-state index contributed by atoms with van der Waals surface area (Å²) in [5.41, 5.74) is 20.6. The van der Waals surface area contributed by atoms with Crippen molar-refractivity contribution in [3.05, 3.63) is 283 Å². The first kappa shape index (κ1) is 50.1. The quantitative estimate of drug-likeness (QED) is 0.0972. The minimum absolute atomic E-state index is 0.108. The zero-order valence-electron chi connectivity index (χ0n) is 46.9. The summed E-state index contributed by atoms with van der Waals surface area (Å²) in [6.45, 7) is 9.46. The highest BCUT2D eigenvalue weighted by Crippen LogP contribution is 2.48. The number of benzene rings is 11. The summed E-state index contributed by atoms with van der Waals surface area (Å²) < 4.78 is 7.64. The molecular formula is C78H67N3. The highest BCUT2D eigenvalue weighted by Gasteiger charge is 2.35. The van der Waals surface area contributed by atoms with Gasteiger partial charge in [0.15, 0.2) is 0 Å². The number of nitrogens with zero attached hydrogens (tertiary/aromatic N) is 3. The standard InChI is InChI=1S/C78H67N3/c1-5-46-77(7-3,58-30-14-10-15-31-58)60-34-24-28-55(48-60)57-49-61(78(8-4,47-6-2)59-32-16-11-17-33-59)52-64(51-57)81-73-41-23-19-37-66(73)69-44-43-68-65-36-18-22-40-72(65)80(75(68)76(69)81)63-42-45-74-70(53-63)67-38-20-21-39-71(67)79(74)62-35-25-29-56(50-62)54-26-12-9-13-27-54/h9-45,48-53H,5-8,46-47H2,1-4H3. The first-order valence-corrected chi connectivity index (χ1v) is 29.5. The second kappa shape index (κ2) is 20.5. The molecule has 394 valence electrons. The van der Waals surface area contributed by atoms with Gasteiger partial charge in [0.25, 0.3) is 0 Å². The fourth-order valence-electron chi connectivity index (χ4n) is 14.5. The van der Waals surface area contributed by atoms with E-state index >= 15 is 0 Å². The molecule has 14 rings (SSSR count). The summed E-state index contributed by atoms with van der Waals surface area (Å²) in [6, 6.07) is 98.4. The Morgan fingerprint density at radius 3 is 1.26 bits per heavy atom. The van der Waals surface area contributed by atoms with Gasteiger partial charge in [0, 0.05) is 60.2 Å². The Labute approximate surface area is 476 Å². The fraction of sp³-hybridized carbons (Fsp3) is 0.154. The van der Waals surface area contributed by atoms with Gasteiger partial charge in [-0.2, -0.15) is 0 Å². The van der Waals surface area contributed by atoms with Crippen molar-refractivity contribution in [3.8, 4) is 39.3 Å². The van der Waals surface area contributed by atoms with Crippen molar-refractivity contribution in [3.63, 3.8) is 0 Å². The minimum atomic E-state index is -0.224. The molecule has 14 aromatic rings. The first-order valence-electron chi connectivity index (χ1n) is 29.5. The van der Waals surface area contributed by atoms with Crippen molar-refractivity contribution in [1.82, 2.24) is 13.7 Å². The normalized spacial score (nSPS) is 13.4. The molecule has 0 bridgehead atoms. The molecule has 0 saturated heterocycles. The van der Waals surface area contributed by atoms with Gasteiger partial charge in [-0.05, 0) is 131 Å². The molecule has 3 heterocycles. The van der Waals surface area contributed by atoms with Gasteiger partial charge in [0.2, 0.25) is 0 Å². The monoisotopic (exact) mass is 1050 g/mol. The van der Waals surface area contributed by atoms with Gasteiger partial charge in [-0.15, -0.1) is 0 Å². The van der Waals surface area contributed by atoms with E-state index in [0.717, 1.165) is 49.9 Å². The predicted octanol–water partition coefficient (Wildman–Crippen LogP) is 21.3. The molecule has 3 nitrogen and oxygen atoms in total. The fourth-order valence-corrected chi connectivity index (χ4v) is 14.5. The Morgan fingerprint density at radius 1 is 0.259 bits per heavy atom. The van der Waals surface area contributed by atoms with Gasteiger partial charge in [-0.3, -0.25) is 0 Å². The van der Waals surface area contributed by atoms with Crippen molar-refractivity contribution >= 4 is 65.4 Å². The number of hydrogen-bond donors (Lipinski definition) is 0. The third-order valence-corrected chi connectivity index (χ3v) is 18.3. The Balaban J connectivity index is 1.05. The molecule has 11 aromatic carbocycles. The van der Waals surface area contributed by atoms with Gasteiger partial charge in [0.1, 0.15) is 0 Å². The van der Waals surface area contributed by atoms with Gasteiger partial charge in [-0.25, -0.2) is 0 Å². The van der Waals surface area contributed by atoms with Crippen LogP contribution in [0.3, 0.4) is 0 Å². The van der Waals surface area contributed by atoms with Crippen molar-refractivity contribution in [2.75, 3.05) is 0 Å². The molecule has 2 unspecified atom stereocenters. The van der Waals surface area contributed by atoms with Crippen LogP contribution in [0, 0.1) is 0 Å². The maximum absolute atomic E-state index is 2.62. The number of aromatic nitrogens is 3. The molecule has 81 heavy (non-hydrogen) atoms. The molecule has 0 aliphatic carbocycles. The molecule has 0 amide bonds. The average Bonchev–Trinajstić information content (AvgIpc) is 2.47. The van der Waals surface area contributed by atoms with Crippen LogP contribution in [0.4, 0.5) is 0 Å². The summed E-state index contributed by atoms with van der Waals surface area (Å²) in [4.78, 5) is 0. The van der Waals surface area contributed by atoms with E-state index in [1.165, 1.54) is 116 Å². The first-order chi connectivity index (χ1) is 40.0. The maximum atomic E-state index is 2.62. The summed E-state index contributed by atoms with van der Waals surface area (Å²) in [5, 5.41) is 7.40. The molecule has 3 heteroatoms. The zero-order valence-corrected chi connectivity index (χ0v) is 46.9. The maximum Gasteiger partial charge on any atom is 0.0788 e. The highest BCUT2D eigenvalue weighted by atomic mass is 15.0. The van der Waals surface area contributed by atoms with Crippen LogP contribution in [0.25, 0.3) is 105 Å². The van der Waals surface area contributed by atoms with E-state index in [1.807, 2.05) is 0 Å². The SMILES string of the molecule is CCCC(CC)(c1ccccc1)c1cccc(-c2cc(-n3c4ccccc4c4ccc5c6ccccc6n(-c6ccc7c(c6)c6ccccc6n7-c6cccc(-c7ccccc7)c6)c5c43)cc(C(CC)(CCC)c3ccccc3)c2)c1. The van der Waals surface area contributed by atoms with Crippen LogP contribution < -0.4 is 0 Å². The summed E-state index contributed by atoms with van der Waals surface area (Å²) in [6.07, 6.45) is 6.26.